The average Bonchev–Trinajstić information content (AvgIpc) is 3.25. The largest absolute Gasteiger partial charge is 0.356 e. The molecule has 0 radical (unpaired) electrons. The van der Waals surface area contributed by atoms with E-state index in [1.807, 2.05) is 36.4 Å². The molecule has 144 valence electrons. The predicted molar refractivity (Wildman–Crippen MR) is 107 cm³/mol. The van der Waals surface area contributed by atoms with Crippen LogP contribution < -0.4 is 10.2 Å². The summed E-state index contributed by atoms with van der Waals surface area (Å²) in [5, 5.41) is 3.01. The first kappa shape index (κ1) is 18.2. The Labute approximate surface area is 160 Å². The van der Waals surface area contributed by atoms with Crippen LogP contribution in [-0.2, 0) is 10.0 Å². The quantitative estimate of drug-likeness (QED) is 0.850. The van der Waals surface area contributed by atoms with Crippen LogP contribution in [0.5, 0.6) is 0 Å². The van der Waals surface area contributed by atoms with Crippen LogP contribution in [0, 0.1) is 0 Å². The molecule has 2 aliphatic heterocycles. The Hall–Kier alpha value is -2.19. The van der Waals surface area contributed by atoms with Crippen LogP contribution in [0.25, 0.3) is 0 Å². The summed E-state index contributed by atoms with van der Waals surface area (Å²) in [6.07, 6.45) is 4.80. The molecule has 0 atom stereocenters. The summed E-state index contributed by atoms with van der Waals surface area (Å²) < 4.78 is 27.2. The summed E-state index contributed by atoms with van der Waals surface area (Å²) in [6.45, 7) is 2.75. The minimum Gasteiger partial charge on any atom is -0.356 e. The monoisotopic (exact) mass is 387 g/mol. The lowest BCUT2D eigenvalue weighted by molar-refractivity contribution is 0.445. The van der Waals surface area contributed by atoms with Gasteiger partial charge in [-0.2, -0.15) is 0 Å². The van der Waals surface area contributed by atoms with E-state index < -0.39 is 10.0 Å². The Balaban J connectivity index is 1.40. The fraction of sp³-hybridized carbons (Fsp3) is 0.474. The Kier molecular flexibility index (Phi) is 5.27. The highest BCUT2D eigenvalue weighted by Crippen LogP contribution is 2.27. The number of benzene rings is 1. The van der Waals surface area contributed by atoms with Gasteiger partial charge in [0.15, 0.2) is 0 Å². The van der Waals surface area contributed by atoms with Crippen molar-refractivity contribution in [3.8, 4) is 0 Å². The molecule has 0 spiro atoms. The number of rotatable bonds is 5. The van der Waals surface area contributed by atoms with Crippen LogP contribution >= 0.6 is 0 Å². The van der Waals surface area contributed by atoms with E-state index >= 15 is 0 Å². The Morgan fingerprint density at radius 2 is 1.67 bits per heavy atom. The maximum atomic E-state index is 12.8. The minimum atomic E-state index is -3.15. The number of piperidine rings is 1. The molecule has 27 heavy (non-hydrogen) atoms. The maximum absolute atomic E-state index is 12.8. The van der Waals surface area contributed by atoms with Gasteiger partial charge in [-0.15, -0.1) is 0 Å². The highest BCUT2D eigenvalue weighted by Gasteiger charge is 2.36. The zero-order valence-corrected chi connectivity index (χ0v) is 16.1. The molecule has 0 bridgehead atoms. The smallest absolute Gasteiger partial charge is 0.217 e. The van der Waals surface area contributed by atoms with E-state index in [0.717, 1.165) is 30.2 Å². The van der Waals surface area contributed by atoms with E-state index in [4.69, 9.17) is 0 Å². The van der Waals surface area contributed by atoms with E-state index in [-0.39, 0.29) is 5.25 Å². The van der Waals surface area contributed by atoms with E-state index in [0.29, 0.717) is 39.0 Å². The van der Waals surface area contributed by atoms with Crippen LogP contribution in [0.2, 0.25) is 0 Å². The highest BCUT2D eigenvalue weighted by molar-refractivity contribution is 7.89. The predicted octanol–water partition coefficient (Wildman–Crippen LogP) is 2.61. The fourth-order valence-corrected chi connectivity index (χ4v) is 5.79. The van der Waals surface area contributed by atoms with Gasteiger partial charge in [-0.25, -0.2) is 22.7 Å². The molecule has 0 aliphatic carbocycles. The first-order chi connectivity index (χ1) is 13.1. The van der Waals surface area contributed by atoms with Gasteiger partial charge in [-0.1, -0.05) is 18.2 Å². The minimum absolute atomic E-state index is 0.268. The van der Waals surface area contributed by atoms with Crippen molar-refractivity contribution >= 4 is 27.3 Å². The lowest BCUT2D eigenvalue weighted by atomic mass is 10.1. The van der Waals surface area contributed by atoms with Crippen molar-refractivity contribution in [3.05, 3.63) is 42.7 Å². The normalized spacial score (nSPS) is 19.3. The lowest BCUT2D eigenvalue weighted by Crippen LogP contribution is -2.44. The fourth-order valence-electron chi connectivity index (χ4n) is 3.79. The molecule has 2 aliphatic rings. The molecule has 0 unspecified atom stereocenters. The summed E-state index contributed by atoms with van der Waals surface area (Å²) in [4.78, 5) is 10.8. The molecule has 4 rings (SSSR count). The number of para-hydroxylation sites is 1. The third-order valence-corrected chi connectivity index (χ3v) is 7.71. The van der Waals surface area contributed by atoms with Crippen molar-refractivity contribution in [3.63, 3.8) is 0 Å². The standard InChI is InChI=1S/C19H25N5O2S/c25-27(26,24-10-4-5-11-24)17-8-12-23(13-9-17)19-14-18(20-15-21-19)22-16-6-2-1-3-7-16/h1-3,6-7,14-15,17H,4-5,8-13H2,(H,20,21,22). The first-order valence-electron chi connectivity index (χ1n) is 9.51. The van der Waals surface area contributed by atoms with Crippen molar-refractivity contribution in [1.29, 1.82) is 0 Å². The molecule has 3 heterocycles. The van der Waals surface area contributed by atoms with Crippen molar-refractivity contribution in [1.82, 2.24) is 14.3 Å². The summed E-state index contributed by atoms with van der Waals surface area (Å²) in [7, 11) is -3.15. The molecule has 2 aromatic rings. The lowest BCUT2D eigenvalue weighted by Gasteiger charge is -2.34. The SMILES string of the molecule is O=S(=O)(C1CCN(c2cc(Nc3ccccc3)ncn2)CC1)N1CCCC1. The number of anilines is 3. The van der Waals surface area contributed by atoms with Gasteiger partial charge < -0.3 is 10.2 Å². The van der Waals surface area contributed by atoms with E-state index in [1.54, 1.807) is 10.6 Å². The number of nitrogens with zero attached hydrogens (tertiary/aromatic N) is 4. The van der Waals surface area contributed by atoms with Crippen LogP contribution in [0.4, 0.5) is 17.3 Å². The van der Waals surface area contributed by atoms with Gasteiger partial charge in [-0.05, 0) is 37.8 Å². The molecule has 8 heteroatoms. The number of hydrogen-bond donors (Lipinski definition) is 1. The van der Waals surface area contributed by atoms with Gasteiger partial charge >= 0.3 is 0 Å². The number of aromatic nitrogens is 2. The van der Waals surface area contributed by atoms with Gasteiger partial charge in [0.2, 0.25) is 10.0 Å². The van der Waals surface area contributed by atoms with Crippen molar-refractivity contribution < 1.29 is 8.42 Å². The molecule has 0 amide bonds. The third-order valence-electron chi connectivity index (χ3n) is 5.31. The Bertz CT molecular complexity index is 861. The van der Waals surface area contributed by atoms with Crippen LogP contribution in [0.15, 0.2) is 42.7 Å². The Morgan fingerprint density at radius 1 is 0.963 bits per heavy atom. The molecule has 2 saturated heterocycles. The van der Waals surface area contributed by atoms with Gasteiger partial charge in [0.25, 0.3) is 0 Å². The third kappa shape index (κ3) is 4.06. The summed E-state index contributed by atoms with van der Waals surface area (Å²) in [5.74, 6) is 1.57. The molecular formula is C19H25N5O2S. The molecule has 2 fully saturated rings. The molecular weight excluding hydrogens is 362 g/mol. The zero-order valence-electron chi connectivity index (χ0n) is 15.3. The zero-order chi connectivity index (χ0) is 18.7. The van der Waals surface area contributed by atoms with Gasteiger partial charge in [0.05, 0.1) is 5.25 Å². The number of hydrogen-bond acceptors (Lipinski definition) is 6. The second kappa shape index (κ2) is 7.82. The molecule has 0 saturated carbocycles. The van der Waals surface area contributed by atoms with Crippen molar-refractivity contribution in [2.45, 2.75) is 30.9 Å². The summed E-state index contributed by atoms with van der Waals surface area (Å²) in [6, 6.07) is 11.8. The molecule has 1 N–H and O–H groups in total. The highest BCUT2D eigenvalue weighted by atomic mass is 32.2. The number of nitrogens with one attached hydrogen (secondary N) is 1. The first-order valence-corrected chi connectivity index (χ1v) is 11.0. The van der Waals surface area contributed by atoms with Gasteiger partial charge in [-0.3, -0.25) is 0 Å². The summed E-state index contributed by atoms with van der Waals surface area (Å²) in [5.41, 5.74) is 0.970. The van der Waals surface area contributed by atoms with Crippen LogP contribution in [-0.4, -0.2) is 54.1 Å². The van der Waals surface area contributed by atoms with E-state index in [1.165, 1.54) is 0 Å². The number of sulfonamides is 1. The second-order valence-corrected chi connectivity index (χ2v) is 9.30. The Morgan fingerprint density at radius 3 is 2.37 bits per heavy atom. The van der Waals surface area contributed by atoms with E-state index in [2.05, 4.69) is 20.2 Å². The van der Waals surface area contributed by atoms with Gasteiger partial charge in [0, 0.05) is 37.9 Å². The van der Waals surface area contributed by atoms with Crippen molar-refractivity contribution in [2.75, 3.05) is 36.4 Å². The van der Waals surface area contributed by atoms with Crippen molar-refractivity contribution in [2.24, 2.45) is 0 Å². The topological polar surface area (TPSA) is 78.4 Å². The summed E-state index contributed by atoms with van der Waals surface area (Å²) >= 11 is 0. The second-order valence-electron chi connectivity index (χ2n) is 7.09. The van der Waals surface area contributed by atoms with Crippen LogP contribution in [0.3, 0.4) is 0 Å². The molecule has 7 nitrogen and oxygen atoms in total. The maximum Gasteiger partial charge on any atom is 0.217 e. The molecule has 1 aromatic carbocycles. The van der Waals surface area contributed by atoms with Gasteiger partial charge in [0.1, 0.15) is 18.0 Å². The average molecular weight is 388 g/mol. The van der Waals surface area contributed by atoms with E-state index in [9.17, 15) is 8.42 Å². The molecule has 1 aromatic heterocycles. The van der Waals surface area contributed by atoms with Crippen LogP contribution in [0.1, 0.15) is 25.7 Å².